The first kappa shape index (κ1) is 30.0. The Morgan fingerprint density at radius 1 is 0.814 bits per heavy atom. The maximum Gasteiger partial charge on any atom is 0.251 e. The van der Waals surface area contributed by atoms with E-state index in [1.807, 2.05) is 78.9 Å². The van der Waals surface area contributed by atoms with E-state index in [9.17, 15) is 14.0 Å². The largest absolute Gasteiger partial charge is 0.378 e. The van der Waals surface area contributed by atoms with Crippen LogP contribution < -0.4 is 10.2 Å². The van der Waals surface area contributed by atoms with Crippen LogP contribution in [0.25, 0.3) is 0 Å². The normalized spacial score (nSPS) is 13.9. The Bertz CT molecular complexity index is 1480. The van der Waals surface area contributed by atoms with Gasteiger partial charge in [0.25, 0.3) is 5.91 Å². The van der Waals surface area contributed by atoms with Gasteiger partial charge in [0.2, 0.25) is 5.91 Å². The average Bonchev–Trinajstić information content (AvgIpc) is 3.03. The molecule has 4 aromatic rings. The summed E-state index contributed by atoms with van der Waals surface area (Å²) >= 11 is 0. The number of morpholine rings is 1. The smallest absolute Gasteiger partial charge is 0.251 e. The molecule has 0 aliphatic carbocycles. The van der Waals surface area contributed by atoms with E-state index < -0.39 is 6.04 Å². The molecule has 1 aliphatic heterocycles. The highest BCUT2D eigenvalue weighted by Crippen LogP contribution is 2.29. The number of nitrogens with one attached hydrogen (secondary N) is 1. The fourth-order valence-corrected chi connectivity index (χ4v) is 5.31. The van der Waals surface area contributed by atoms with Crippen molar-refractivity contribution >= 4 is 23.2 Å². The third kappa shape index (κ3) is 7.87. The van der Waals surface area contributed by atoms with E-state index >= 15 is 0 Å². The summed E-state index contributed by atoms with van der Waals surface area (Å²) in [6.45, 7) is 7.40. The molecule has 4 aromatic carbocycles. The van der Waals surface area contributed by atoms with E-state index in [2.05, 4.69) is 24.1 Å². The summed E-state index contributed by atoms with van der Waals surface area (Å²) < 4.78 is 19.2. The molecule has 6 nitrogen and oxygen atoms in total. The number of amides is 2. The lowest BCUT2D eigenvalue weighted by Crippen LogP contribution is -2.41. The number of anilines is 2. The number of halogens is 1. The van der Waals surface area contributed by atoms with Gasteiger partial charge in [-0.2, -0.15) is 0 Å². The van der Waals surface area contributed by atoms with Crippen LogP contribution in [0.5, 0.6) is 0 Å². The van der Waals surface area contributed by atoms with Crippen molar-refractivity contribution in [3.63, 3.8) is 0 Å². The molecule has 1 aliphatic rings. The van der Waals surface area contributed by atoms with E-state index in [0.29, 0.717) is 30.4 Å². The summed E-state index contributed by atoms with van der Waals surface area (Å²) in [7, 11) is 0. The van der Waals surface area contributed by atoms with Crippen molar-refractivity contribution in [2.24, 2.45) is 0 Å². The molecule has 5 rings (SSSR count). The lowest BCUT2D eigenvalue weighted by atomic mass is 9.97. The molecule has 0 radical (unpaired) electrons. The Morgan fingerprint density at radius 3 is 2.07 bits per heavy atom. The van der Waals surface area contributed by atoms with Crippen molar-refractivity contribution < 1.29 is 18.7 Å². The lowest BCUT2D eigenvalue weighted by Gasteiger charge is -2.32. The van der Waals surface area contributed by atoms with Gasteiger partial charge in [0.1, 0.15) is 11.9 Å². The van der Waals surface area contributed by atoms with E-state index in [-0.39, 0.29) is 30.6 Å². The maximum atomic E-state index is 14.2. The topological polar surface area (TPSA) is 61.9 Å². The molecule has 0 bridgehead atoms. The number of carbonyl (C=O) groups excluding carboxylic acids is 2. The van der Waals surface area contributed by atoms with Crippen molar-refractivity contribution in [1.82, 2.24) is 4.90 Å². The Hall–Kier alpha value is -4.49. The first-order valence-electron chi connectivity index (χ1n) is 14.8. The van der Waals surface area contributed by atoms with Crippen LogP contribution in [0.3, 0.4) is 0 Å². The van der Waals surface area contributed by atoms with E-state index in [4.69, 9.17) is 4.74 Å². The SMILES string of the molecule is CC(C)c1ccc(C(C(=O)Nc2ccc(N3CCOCC3)cc2)N(Cc2ccc(F)cc2)C(=O)Cc2ccccc2)cc1. The summed E-state index contributed by atoms with van der Waals surface area (Å²) in [5, 5.41) is 3.07. The van der Waals surface area contributed by atoms with E-state index in [0.717, 1.165) is 35.5 Å². The van der Waals surface area contributed by atoms with Gasteiger partial charge in [-0.3, -0.25) is 9.59 Å². The van der Waals surface area contributed by atoms with Crippen molar-refractivity contribution in [1.29, 1.82) is 0 Å². The van der Waals surface area contributed by atoms with E-state index in [1.54, 1.807) is 17.0 Å². The minimum absolute atomic E-state index is 0.129. The van der Waals surface area contributed by atoms with Crippen LogP contribution in [-0.4, -0.2) is 43.0 Å². The van der Waals surface area contributed by atoms with E-state index in [1.165, 1.54) is 12.1 Å². The number of ether oxygens (including phenoxy) is 1. The molecule has 1 unspecified atom stereocenters. The lowest BCUT2D eigenvalue weighted by molar-refractivity contribution is -0.139. The number of nitrogens with zero attached hydrogens (tertiary/aromatic N) is 2. The van der Waals surface area contributed by atoms with Gasteiger partial charge in [-0.15, -0.1) is 0 Å². The van der Waals surface area contributed by atoms with Crippen LogP contribution in [-0.2, 0) is 27.3 Å². The molecule has 1 N–H and O–H groups in total. The summed E-state index contributed by atoms with van der Waals surface area (Å²) in [6.07, 6.45) is 0.129. The molecule has 0 aromatic heterocycles. The number of rotatable bonds is 10. The summed E-state index contributed by atoms with van der Waals surface area (Å²) in [6, 6.07) is 30.2. The Kier molecular flexibility index (Phi) is 9.84. The van der Waals surface area contributed by atoms with Gasteiger partial charge in [0.15, 0.2) is 0 Å². The van der Waals surface area contributed by atoms with Gasteiger partial charge in [0.05, 0.1) is 19.6 Å². The van der Waals surface area contributed by atoms with Crippen LogP contribution in [0, 0.1) is 5.82 Å². The van der Waals surface area contributed by atoms with Gasteiger partial charge in [-0.05, 0) is 64.6 Å². The molecule has 7 heteroatoms. The van der Waals surface area contributed by atoms with Gasteiger partial charge in [-0.1, -0.05) is 80.6 Å². The second kappa shape index (κ2) is 14.1. The third-order valence-corrected chi connectivity index (χ3v) is 7.77. The molecule has 222 valence electrons. The minimum Gasteiger partial charge on any atom is -0.378 e. The monoisotopic (exact) mass is 579 g/mol. The molecule has 0 saturated carbocycles. The molecular formula is C36H38FN3O3. The number of carbonyl (C=O) groups is 2. The van der Waals surface area contributed by atoms with Crippen LogP contribution in [0.4, 0.5) is 15.8 Å². The average molecular weight is 580 g/mol. The van der Waals surface area contributed by atoms with Crippen molar-refractivity contribution in [2.45, 2.75) is 38.8 Å². The molecule has 2 amide bonds. The number of hydrogen-bond donors (Lipinski definition) is 1. The third-order valence-electron chi connectivity index (χ3n) is 7.77. The molecular weight excluding hydrogens is 541 g/mol. The predicted octanol–water partition coefficient (Wildman–Crippen LogP) is 6.74. The quantitative estimate of drug-likeness (QED) is 0.226. The minimum atomic E-state index is -0.915. The highest BCUT2D eigenvalue weighted by atomic mass is 19.1. The Balaban J connectivity index is 1.48. The zero-order valence-electron chi connectivity index (χ0n) is 24.7. The first-order valence-corrected chi connectivity index (χ1v) is 14.8. The number of hydrogen-bond acceptors (Lipinski definition) is 4. The van der Waals surface area contributed by atoms with Crippen LogP contribution >= 0.6 is 0 Å². The summed E-state index contributed by atoms with van der Waals surface area (Å²) in [5.74, 6) is -0.558. The van der Waals surface area contributed by atoms with Gasteiger partial charge >= 0.3 is 0 Å². The van der Waals surface area contributed by atoms with Crippen LogP contribution in [0.2, 0.25) is 0 Å². The first-order chi connectivity index (χ1) is 20.9. The molecule has 1 heterocycles. The molecule has 1 saturated heterocycles. The molecule has 0 spiro atoms. The van der Waals surface area contributed by atoms with Gasteiger partial charge in [0, 0.05) is 31.0 Å². The second-order valence-corrected chi connectivity index (χ2v) is 11.2. The van der Waals surface area contributed by atoms with Crippen molar-refractivity contribution in [3.05, 3.63) is 131 Å². The predicted molar refractivity (Wildman–Crippen MR) is 168 cm³/mol. The van der Waals surface area contributed by atoms with Gasteiger partial charge in [-0.25, -0.2) is 4.39 Å². The van der Waals surface area contributed by atoms with Crippen LogP contribution in [0.15, 0.2) is 103 Å². The maximum absolute atomic E-state index is 14.2. The van der Waals surface area contributed by atoms with Crippen molar-refractivity contribution in [2.75, 3.05) is 36.5 Å². The summed E-state index contributed by atoms with van der Waals surface area (Å²) in [4.78, 5) is 32.0. The summed E-state index contributed by atoms with van der Waals surface area (Å²) in [5.41, 5.74) is 5.14. The fourth-order valence-electron chi connectivity index (χ4n) is 5.31. The molecule has 1 fully saturated rings. The molecule has 1 atom stereocenters. The zero-order chi connectivity index (χ0) is 30.2. The zero-order valence-corrected chi connectivity index (χ0v) is 24.7. The fraction of sp³-hybridized carbons (Fsp3) is 0.278. The standard InChI is InChI=1S/C36H38FN3O3/c1-26(2)29-10-12-30(13-11-29)35(36(42)38-32-16-18-33(19-17-32)39-20-22-43-23-21-39)40(25-28-8-14-31(37)15-9-28)34(41)24-27-6-4-3-5-7-27/h3-19,26,35H,20-25H2,1-2H3,(H,38,42). The highest BCUT2D eigenvalue weighted by molar-refractivity contribution is 5.98. The van der Waals surface area contributed by atoms with Crippen LogP contribution in [0.1, 0.15) is 48.1 Å². The Labute approximate surface area is 253 Å². The highest BCUT2D eigenvalue weighted by Gasteiger charge is 2.32. The second-order valence-electron chi connectivity index (χ2n) is 11.2. The molecule has 43 heavy (non-hydrogen) atoms. The van der Waals surface area contributed by atoms with Gasteiger partial charge < -0.3 is 19.9 Å². The van der Waals surface area contributed by atoms with Crippen molar-refractivity contribution in [3.8, 4) is 0 Å². The number of benzene rings is 4. The Morgan fingerprint density at radius 2 is 1.44 bits per heavy atom.